The van der Waals surface area contributed by atoms with Gasteiger partial charge in [0.05, 0.1) is 36.3 Å². The van der Waals surface area contributed by atoms with E-state index >= 15 is 0 Å². The smallest absolute Gasteiger partial charge is 0.254 e. The number of carbonyl (C=O) groups excluding carboxylic acids is 2. The van der Waals surface area contributed by atoms with Crippen LogP contribution in [0.2, 0.25) is 0 Å². The molecule has 2 unspecified atom stereocenters. The maximum Gasteiger partial charge on any atom is 0.254 e. The first-order valence-corrected chi connectivity index (χ1v) is 18.7. The average molecular weight is 694 g/mol. The van der Waals surface area contributed by atoms with E-state index in [-0.39, 0.29) is 41.3 Å². The number of aliphatic hydroxyl groups excluding tert-OH is 1. The number of sulfonamides is 1. The van der Waals surface area contributed by atoms with Gasteiger partial charge in [-0.1, -0.05) is 37.3 Å². The lowest BCUT2D eigenvalue weighted by Gasteiger charge is -2.27. The Balaban J connectivity index is 1.43. The highest BCUT2D eigenvalue weighted by molar-refractivity contribution is 7.92. The highest BCUT2D eigenvalue weighted by Crippen LogP contribution is 2.35. The molecule has 1 aliphatic rings. The summed E-state index contributed by atoms with van der Waals surface area (Å²) in [5.41, 5.74) is 3.25. The van der Waals surface area contributed by atoms with E-state index in [1.165, 1.54) is 36.6 Å². The fourth-order valence-corrected chi connectivity index (χ4v) is 7.39. The number of aromatic amines is 1. The second-order valence-corrected chi connectivity index (χ2v) is 15.1. The summed E-state index contributed by atoms with van der Waals surface area (Å²) >= 11 is 1.51. The second-order valence-electron chi connectivity index (χ2n) is 12.2. The standard InChI is InChI=1S/C34H43N7O5S2/c1-5-28(26-18-36-37-19-26)35-20-31(42)29(14-23-10-7-6-8-11-23)39-32(43)24-15-25(17-27(16-24)40(3)48(4,45)46)34(44)41-13-9-12-30(41)33-38-22(2)21-47-33/h6-8,10-11,15-19,21,28-31,35,42H,5,9,12-14,20H2,1-4H3,(H,36,37)(H,39,43)/t28?,29-,30?,31+/m0/s1. The third-order valence-electron chi connectivity index (χ3n) is 8.71. The van der Waals surface area contributed by atoms with E-state index in [0.717, 1.165) is 51.7 Å². The van der Waals surface area contributed by atoms with E-state index in [2.05, 4.69) is 25.8 Å². The molecule has 0 saturated carbocycles. The molecule has 48 heavy (non-hydrogen) atoms. The monoisotopic (exact) mass is 693 g/mol. The van der Waals surface area contributed by atoms with Crippen LogP contribution in [0.4, 0.5) is 5.69 Å². The molecule has 2 aromatic carbocycles. The summed E-state index contributed by atoms with van der Waals surface area (Å²) in [5.74, 6) is -0.846. The number of nitrogens with zero attached hydrogens (tertiary/aromatic N) is 4. The molecule has 0 spiro atoms. The molecule has 2 amide bonds. The number of likely N-dealkylation sites (tertiary alicyclic amines) is 1. The SMILES string of the molecule is CCC(NC[C@@H](O)[C@H](Cc1ccccc1)NC(=O)c1cc(C(=O)N2CCCC2c2nc(C)cs2)cc(N(C)S(C)(=O)=O)c1)c1cn[nH]c1. The maximum atomic E-state index is 14.0. The van der Waals surface area contributed by atoms with E-state index in [0.29, 0.717) is 13.0 Å². The molecule has 0 aliphatic carbocycles. The van der Waals surface area contributed by atoms with Gasteiger partial charge in [0, 0.05) is 60.1 Å². The van der Waals surface area contributed by atoms with Crippen LogP contribution in [0.3, 0.4) is 0 Å². The van der Waals surface area contributed by atoms with Crippen molar-refractivity contribution < 1.29 is 23.1 Å². The number of amides is 2. The predicted molar refractivity (Wildman–Crippen MR) is 187 cm³/mol. The first-order chi connectivity index (χ1) is 22.9. The summed E-state index contributed by atoms with van der Waals surface area (Å²) in [6.45, 7) is 4.65. The quantitative estimate of drug-likeness (QED) is 0.154. The Morgan fingerprint density at radius 2 is 1.94 bits per heavy atom. The Kier molecular flexibility index (Phi) is 11.3. The zero-order valence-electron chi connectivity index (χ0n) is 27.6. The second kappa shape index (κ2) is 15.4. The van der Waals surface area contributed by atoms with Gasteiger partial charge in [-0.25, -0.2) is 13.4 Å². The maximum absolute atomic E-state index is 14.0. The molecule has 3 heterocycles. The Hall–Kier alpha value is -4.11. The highest BCUT2D eigenvalue weighted by Gasteiger charge is 2.33. The number of benzene rings is 2. The molecule has 1 aliphatic heterocycles. The fraction of sp³-hybridized carbons (Fsp3) is 0.412. The van der Waals surface area contributed by atoms with Gasteiger partial charge in [-0.3, -0.25) is 19.0 Å². The molecule has 12 nitrogen and oxygen atoms in total. The first kappa shape index (κ1) is 35.2. The number of aromatic nitrogens is 3. The van der Waals surface area contributed by atoms with Gasteiger partial charge in [-0.15, -0.1) is 11.3 Å². The largest absolute Gasteiger partial charge is 0.390 e. The molecule has 0 radical (unpaired) electrons. The summed E-state index contributed by atoms with van der Waals surface area (Å²) in [6.07, 6.45) is 6.30. The normalized spacial score (nSPS) is 16.8. The molecule has 1 fully saturated rings. The van der Waals surface area contributed by atoms with Gasteiger partial charge >= 0.3 is 0 Å². The van der Waals surface area contributed by atoms with Crippen LogP contribution in [-0.4, -0.2) is 84.0 Å². The van der Waals surface area contributed by atoms with Gasteiger partial charge in [0.25, 0.3) is 11.8 Å². The number of hydrogen-bond donors (Lipinski definition) is 4. The van der Waals surface area contributed by atoms with Gasteiger partial charge < -0.3 is 20.6 Å². The summed E-state index contributed by atoms with van der Waals surface area (Å²) in [6, 6.07) is 13.0. The van der Waals surface area contributed by atoms with Crippen molar-refractivity contribution in [2.45, 2.75) is 63.8 Å². The van der Waals surface area contributed by atoms with Crippen LogP contribution in [0, 0.1) is 6.92 Å². The van der Waals surface area contributed by atoms with Gasteiger partial charge in [0.1, 0.15) is 5.01 Å². The predicted octanol–water partition coefficient (Wildman–Crippen LogP) is 3.99. The molecule has 4 aromatic rings. The number of carbonyl (C=O) groups is 2. The average Bonchev–Trinajstić information content (AvgIpc) is 3.86. The number of rotatable bonds is 14. The minimum absolute atomic E-state index is 0.0500. The van der Waals surface area contributed by atoms with Crippen LogP contribution in [-0.2, 0) is 16.4 Å². The minimum Gasteiger partial charge on any atom is -0.390 e. The van der Waals surface area contributed by atoms with Crippen LogP contribution < -0.4 is 14.9 Å². The van der Waals surface area contributed by atoms with Crippen LogP contribution in [0.15, 0.2) is 66.3 Å². The molecule has 5 rings (SSSR count). The van der Waals surface area contributed by atoms with E-state index < -0.39 is 28.1 Å². The fourth-order valence-electron chi connectivity index (χ4n) is 5.95. The lowest BCUT2D eigenvalue weighted by atomic mass is 9.99. The van der Waals surface area contributed by atoms with Crippen LogP contribution >= 0.6 is 11.3 Å². The molecule has 14 heteroatoms. The zero-order chi connectivity index (χ0) is 34.4. The van der Waals surface area contributed by atoms with E-state index in [1.807, 2.05) is 49.6 Å². The third-order valence-corrected chi connectivity index (χ3v) is 11.0. The number of anilines is 1. The Labute approximate surface area is 285 Å². The van der Waals surface area contributed by atoms with E-state index in [1.54, 1.807) is 17.3 Å². The van der Waals surface area contributed by atoms with E-state index in [9.17, 15) is 23.1 Å². The minimum atomic E-state index is -3.71. The molecule has 256 valence electrons. The van der Waals surface area contributed by atoms with Crippen LogP contribution in [0.1, 0.15) is 80.8 Å². The van der Waals surface area contributed by atoms with Crippen molar-refractivity contribution in [1.82, 2.24) is 30.7 Å². The van der Waals surface area contributed by atoms with Crippen molar-refractivity contribution in [2.24, 2.45) is 0 Å². The molecule has 2 aromatic heterocycles. The van der Waals surface area contributed by atoms with Crippen molar-refractivity contribution in [1.29, 1.82) is 0 Å². The lowest BCUT2D eigenvalue weighted by molar-refractivity contribution is 0.0735. The number of nitrogens with one attached hydrogen (secondary N) is 3. The Bertz CT molecular complexity index is 1800. The number of aliphatic hydroxyl groups is 1. The zero-order valence-corrected chi connectivity index (χ0v) is 29.2. The third kappa shape index (κ3) is 8.48. The van der Waals surface area contributed by atoms with Crippen molar-refractivity contribution >= 4 is 38.9 Å². The summed E-state index contributed by atoms with van der Waals surface area (Å²) < 4.78 is 26.2. The molecule has 4 atom stereocenters. The van der Waals surface area contributed by atoms with Gasteiger partial charge in [-0.05, 0) is 56.4 Å². The summed E-state index contributed by atoms with van der Waals surface area (Å²) in [5, 5.41) is 27.4. The van der Waals surface area contributed by atoms with E-state index in [4.69, 9.17) is 0 Å². The van der Waals surface area contributed by atoms with Gasteiger partial charge in [0.2, 0.25) is 10.0 Å². The number of H-pyrrole nitrogens is 1. The topological polar surface area (TPSA) is 161 Å². The lowest BCUT2D eigenvalue weighted by Crippen LogP contribution is -2.49. The van der Waals surface area contributed by atoms with Gasteiger partial charge in [0.15, 0.2) is 0 Å². The van der Waals surface area contributed by atoms with Crippen LogP contribution in [0.5, 0.6) is 0 Å². The summed E-state index contributed by atoms with van der Waals surface area (Å²) in [4.78, 5) is 34.4. The van der Waals surface area contributed by atoms with Crippen molar-refractivity contribution in [3.8, 4) is 0 Å². The van der Waals surface area contributed by atoms with Crippen molar-refractivity contribution in [3.05, 3.63) is 99.3 Å². The Morgan fingerprint density at radius 3 is 2.58 bits per heavy atom. The van der Waals surface area contributed by atoms with Crippen LogP contribution in [0.25, 0.3) is 0 Å². The Morgan fingerprint density at radius 1 is 1.19 bits per heavy atom. The van der Waals surface area contributed by atoms with Crippen molar-refractivity contribution in [2.75, 3.05) is 30.7 Å². The van der Waals surface area contributed by atoms with Crippen molar-refractivity contribution in [3.63, 3.8) is 0 Å². The first-order valence-electron chi connectivity index (χ1n) is 16.0. The highest BCUT2D eigenvalue weighted by atomic mass is 32.2. The summed E-state index contributed by atoms with van der Waals surface area (Å²) in [7, 11) is -2.33. The molecule has 4 N–H and O–H groups in total. The number of hydrogen-bond acceptors (Lipinski definition) is 9. The molecular weight excluding hydrogens is 651 g/mol. The number of aryl methyl sites for hydroxylation is 1. The molecular formula is C34H43N7O5S2. The number of thiazole rings is 1. The van der Waals surface area contributed by atoms with Gasteiger partial charge in [-0.2, -0.15) is 5.10 Å². The molecule has 0 bridgehead atoms. The molecule has 1 saturated heterocycles.